The average molecular weight is 252 g/mol. The van der Waals surface area contributed by atoms with Crippen LogP contribution in [0.4, 0.5) is 13.2 Å². The molecule has 0 spiro atoms. The van der Waals surface area contributed by atoms with E-state index in [0.29, 0.717) is 0 Å². The Hall–Kier alpha value is -1.53. The minimum Gasteiger partial charge on any atom is -0.476 e. The quantitative estimate of drug-likeness (QED) is 0.613. The van der Waals surface area contributed by atoms with Gasteiger partial charge in [-0.05, 0) is 20.8 Å². The zero-order chi connectivity index (χ0) is 13.6. The van der Waals surface area contributed by atoms with Gasteiger partial charge in [-0.3, -0.25) is 4.79 Å². The summed E-state index contributed by atoms with van der Waals surface area (Å²) >= 11 is 0. The third-order valence-corrected chi connectivity index (χ3v) is 2.15. The van der Waals surface area contributed by atoms with Gasteiger partial charge in [-0.15, -0.1) is 0 Å². The second-order valence-electron chi connectivity index (χ2n) is 4.70. The molecule has 0 aromatic carbocycles. The molecule has 0 aliphatic rings. The van der Waals surface area contributed by atoms with Gasteiger partial charge in [0, 0.05) is 0 Å². The van der Waals surface area contributed by atoms with Gasteiger partial charge in [0.05, 0.1) is 5.41 Å². The highest BCUT2D eigenvalue weighted by molar-refractivity contribution is 5.98. The molecule has 96 valence electrons. The Morgan fingerprint density at radius 3 is 2.06 bits per heavy atom. The Morgan fingerprint density at radius 2 is 1.76 bits per heavy atom. The number of hydrogen-bond acceptors (Lipinski definition) is 3. The van der Waals surface area contributed by atoms with Gasteiger partial charge in [0.2, 0.25) is 0 Å². The van der Waals surface area contributed by atoms with Gasteiger partial charge in [0.25, 0.3) is 0 Å². The summed E-state index contributed by atoms with van der Waals surface area (Å²) in [5, 5.41) is 9.30. The van der Waals surface area contributed by atoms with E-state index in [4.69, 9.17) is 4.42 Å². The molecule has 0 aliphatic carbocycles. The van der Waals surface area contributed by atoms with E-state index in [1.54, 1.807) is 20.8 Å². The summed E-state index contributed by atoms with van der Waals surface area (Å²) in [6.45, 7) is 5.06. The summed E-state index contributed by atoms with van der Waals surface area (Å²) in [5.41, 5.74) is -1.52. The Bertz CT molecular complexity index is 455. The number of aromatic hydroxyl groups is 1. The van der Waals surface area contributed by atoms with Crippen molar-refractivity contribution in [3.8, 4) is 5.95 Å². The topological polar surface area (TPSA) is 54.3 Å². The molecule has 0 fully saturated rings. The van der Waals surface area contributed by atoms with Crippen LogP contribution in [0.25, 0.3) is 0 Å². The lowest BCUT2D eigenvalue weighted by Gasteiger charge is -2.09. The molecule has 0 unspecified atom stereocenters. The van der Waals surface area contributed by atoms with E-state index < -0.39 is 29.0 Å². The van der Waals surface area contributed by atoms with Crippen LogP contribution in [0, 0.1) is 0 Å². The molecule has 0 aliphatic heterocycles. The number of Topliss-reactive ketones (excluding diaryl/α,β-unsaturated/α-hetero) is 1. The van der Waals surface area contributed by atoms with Gasteiger partial charge >= 0.3 is 29.5 Å². The lowest BCUT2D eigenvalue weighted by molar-refractivity contribution is -0.688. The normalized spacial score (nSPS) is 12.9. The Morgan fingerprint density at radius 1 is 1.29 bits per heavy atom. The van der Waals surface area contributed by atoms with E-state index >= 15 is 0 Å². The SMILES string of the molecule is C[n+]1c(C(C)(C)C)oc(O)c1C(=O)C(F)(F)F. The zero-order valence-electron chi connectivity index (χ0n) is 9.84. The number of aromatic nitrogens is 1. The molecule has 4 nitrogen and oxygen atoms in total. The molecule has 7 heteroatoms. The van der Waals surface area contributed by atoms with E-state index in [-0.39, 0.29) is 5.89 Å². The highest BCUT2D eigenvalue weighted by Gasteiger charge is 2.50. The van der Waals surface area contributed by atoms with Gasteiger partial charge < -0.3 is 9.52 Å². The maximum absolute atomic E-state index is 12.3. The summed E-state index contributed by atoms with van der Waals surface area (Å²) in [4.78, 5) is 11.1. The molecular formula is C10H13F3NO3+. The number of rotatable bonds is 1. The molecule has 17 heavy (non-hydrogen) atoms. The molecule has 1 aromatic rings. The monoisotopic (exact) mass is 252 g/mol. The van der Waals surface area contributed by atoms with E-state index in [1.807, 2.05) is 0 Å². The molecule has 1 N–H and O–H groups in total. The van der Waals surface area contributed by atoms with Crippen LogP contribution in [0.3, 0.4) is 0 Å². The molecule has 1 aromatic heterocycles. The average Bonchev–Trinajstić information content (AvgIpc) is 2.38. The number of oxazole rings is 1. The third kappa shape index (κ3) is 2.42. The van der Waals surface area contributed by atoms with Gasteiger partial charge in [0.15, 0.2) is 0 Å². The number of carbonyl (C=O) groups excluding carboxylic acids is 1. The third-order valence-electron chi connectivity index (χ3n) is 2.15. The van der Waals surface area contributed by atoms with Crippen molar-refractivity contribution in [2.45, 2.75) is 32.4 Å². The van der Waals surface area contributed by atoms with Crippen molar-refractivity contribution in [2.24, 2.45) is 7.05 Å². The predicted octanol–water partition coefficient (Wildman–Crippen LogP) is 1.85. The van der Waals surface area contributed by atoms with Crippen LogP contribution in [0.15, 0.2) is 4.42 Å². The van der Waals surface area contributed by atoms with Crippen LogP contribution in [0.1, 0.15) is 37.2 Å². The van der Waals surface area contributed by atoms with Crippen LogP contribution < -0.4 is 4.57 Å². The first-order valence-corrected chi connectivity index (χ1v) is 4.80. The molecule has 1 heterocycles. The Labute approximate surface area is 95.7 Å². The first-order valence-electron chi connectivity index (χ1n) is 4.80. The molecule has 0 atom stereocenters. The molecule has 0 radical (unpaired) electrons. The second kappa shape index (κ2) is 3.75. The summed E-state index contributed by atoms with van der Waals surface area (Å²) in [5.74, 6) is -3.06. The zero-order valence-corrected chi connectivity index (χ0v) is 9.84. The fourth-order valence-corrected chi connectivity index (χ4v) is 1.49. The van der Waals surface area contributed by atoms with Crippen molar-refractivity contribution in [1.82, 2.24) is 0 Å². The number of alkyl halides is 3. The van der Waals surface area contributed by atoms with Crippen LogP contribution in [0.5, 0.6) is 5.95 Å². The first-order chi connectivity index (χ1) is 7.46. The van der Waals surface area contributed by atoms with Crippen molar-refractivity contribution in [1.29, 1.82) is 0 Å². The highest BCUT2D eigenvalue weighted by atomic mass is 19.4. The number of hydrogen-bond donors (Lipinski definition) is 1. The molecule has 0 amide bonds. The Kier molecular flexibility index (Phi) is 2.98. The summed E-state index contributed by atoms with van der Waals surface area (Å²) < 4.78 is 42.6. The lowest BCUT2D eigenvalue weighted by atomic mass is 9.97. The Balaban J connectivity index is 3.39. The predicted molar refractivity (Wildman–Crippen MR) is 50.6 cm³/mol. The fraction of sp³-hybridized carbons (Fsp3) is 0.600. The molecular weight excluding hydrogens is 239 g/mol. The van der Waals surface area contributed by atoms with Crippen molar-refractivity contribution in [3.63, 3.8) is 0 Å². The van der Waals surface area contributed by atoms with Crippen LogP contribution in [-0.2, 0) is 12.5 Å². The van der Waals surface area contributed by atoms with E-state index in [0.717, 1.165) is 4.57 Å². The van der Waals surface area contributed by atoms with Crippen LogP contribution in [0.2, 0.25) is 0 Å². The molecule has 0 bridgehead atoms. The number of ketones is 1. The standard InChI is InChI=1S/C10H12F3NO3/c1-9(2,3)8-14(4)5(7(16)17-8)6(15)10(11,12)13/h1-4H3/p+1. The van der Waals surface area contributed by atoms with E-state index in [9.17, 15) is 23.1 Å². The highest BCUT2D eigenvalue weighted by Crippen LogP contribution is 2.29. The lowest BCUT2D eigenvalue weighted by Crippen LogP contribution is -2.44. The maximum atomic E-state index is 12.3. The minimum atomic E-state index is -5.05. The maximum Gasteiger partial charge on any atom is 0.461 e. The summed E-state index contributed by atoms with van der Waals surface area (Å²) in [7, 11) is 1.24. The van der Waals surface area contributed by atoms with Crippen molar-refractivity contribution < 1.29 is 32.1 Å². The van der Waals surface area contributed by atoms with Gasteiger partial charge in [-0.2, -0.15) is 17.7 Å². The molecule has 0 saturated carbocycles. The van der Waals surface area contributed by atoms with Gasteiger partial charge in [-0.25, -0.2) is 0 Å². The first kappa shape index (κ1) is 13.5. The smallest absolute Gasteiger partial charge is 0.461 e. The summed E-state index contributed by atoms with van der Waals surface area (Å²) in [6, 6.07) is 0. The van der Waals surface area contributed by atoms with Crippen LogP contribution >= 0.6 is 0 Å². The van der Waals surface area contributed by atoms with Crippen LogP contribution in [-0.4, -0.2) is 17.1 Å². The van der Waals surface area contributed by atoms with Gasteiger partial charge in [-0.1, -0.05) is 0 Å². The van der Waals surface area contributed by atoms with Gasteiger partial charge in [0.1, 0.15) is 7.05 Å². The summed E-state index contributed by atoms with van der Waals surface area (Å²) in [6.07, 6.45) is -5.05. The second-order valence-corrected chi connectivity index (χ2v) is 4.70. The molecule has 0 saturated heterocycles. The molecule has 1 rings (SSSR count). The fourth-order valence-electron chi connectivity index (χ4n) is 1.49. The number of carbonyl (C=O) groups is 1. The van der Waals surface area contributed by atoms with Crippen molar-refractivity contribution in [3.05, 3.63) is 11.6 Å². The largest absolute Gasteiger partial charge is 0.476 e. The van der Waals surface area contributed by atoms with Crippen molar-refractivity contribution in [2.75, 3.05) is 0 Å². The van der Waals surface area contributed by atoms with E-state index in [2.05, 4.69) is 0 Å². The van der Waals surface area contributed by atoms with E-state index in [1.165, 1.54) is 7.05 Å². The number of halogens is 3. The number of nitrogens with zero attached hydrogens (tertiary/aromatic N) is 1. The van der Waals surface area contributed by atoms with Crippen molar-refractivity contribution >= 4 is 5.78 Å². The minimum absolute atomic E-state index is 0.0857.